The fraction of sp³-hybridized carbons (Fsp3) is 0.273. The van der Waals surface area contributed by atoms with Gasteiger partial charge in [0.25, 0.3) is 5.91 Å². The third-order valence-electron chi connectivity index (χ3n) is 4.19. The van der Waals surface area contributed by atoms with Crippen LogP contribution in [0.2, 0.25) is 5.02 Å². The van der Waals surface area contributed by atoms with Crippen LogP contribution in [0.5, 0.6) is 0 Å². The summed E-state index contributed by atoms with van der Waals surface area (Å²) in [4.78, 5) is 47.0. The van der Waals surface area contributed by atoms with E-state index in [1.807, 2.05) is 6.92 Å². The van der Waals surface area contributed by atoms with Crippen LogP contribution in [0.15, 0.2) is 42.5 Å². The lowest BCUT2D eigenvalue weighted by Gasteiger charge is -2.08. The minimum Gasteiger partial charge on any atom is -0.465 e. The molecule has 0 radical (unpaired) electrons. The Kier molecular flexibility index (Phi) is 9.02. The Morgan fingerprint density at radius 1 is 0.903 bits per heavy atom. The van der Waals surface area contributed by atoms with Gasteiger partial charge in [-0.3, -0.25) is 14.4 Å². The first-order chi connectivity index (χ1) is 14.8. The zero-order chi connectivity index (χ0) is 22.8. The lowest BCUT2D eigenvalue weighted by molar-refractivity contribution is -0.147. The maximum absolute atomic E-state index is 12.0. The summed E-state index contributed by atoms with van der Waals surface area (Å²) in [7, 11) is 1.29. The second kappa shape index (κ2) is 11.7. The smallest absolute Gasteiger partial charge is 0.337 e. The van der Waals surface area contributed by atoms with Gasteiger partial charge in [-0.15, -0.1) is 0 Å². The van der Waals surface area contributed by atoms with Gasteiger partial charge >= 0.3 is 11.9 Å². The van der Waals surface area contributed by atoms with Crippen LogP contribution in [0, 0.1) is 6.92 Å². The molecule has 0 heterocycles. The number of benzene rings is 2. The van der Waals surface area contributed by atoms with Crippen LogP contribution < -0.4 is 10.6 Å². The maximum Gasteiger partial charge on any atom is 0.337 e. The van der Waals surface area contributed by atoms with E-state index in [0.717, 1.165) is 5.56 Å². The first-order valence-corrected chi connectivity index (χ1v) is 9.86. The van der Waals surface area contributed by atoms with Gasteiger partial charge in [0.15, 0.2) is 6.61 Å². The minimum absolute atomic E-state index is 0.00165. The van der Waals surface area contributed by atoms with Crippen LogP contribution in [0.4, 0.5) is 11.4 Å². The van der Waals surface area contributed by atoms with Gasteiger partial charge < -0.3 is 20.1 Å². The molecule has 0 unspecified atom stereocenters. The van der Waals surface area contributed by atoms with Crippen LogP contribution in [0.1, 0.15) is 35.2 Å². The first kappa shape index (κ1) is 23.9. The Balaban J connectivity index is 1.65. The molecule has 8 nitrogen and oxygen atoms in total. The molecule has 2 aromatic carbocycles. The Bertz CT molecular complexity index is 959. The second-order valence-electron chi connectivity index (χ2n) is 6.64. The highest BCUT2D eigenvalue weighted by Gasteiger charge is 2.11. The summed E-state index contributed by atoms with van der Waals surface area (Å²) in [5, 5.41) is 5.78. The van der Waals surface area contributed by atoms with Crippen molar-refractivity contribution in [1.82, 2.24) is 0 Å². The summed E-state index contributed by atoms with van der Waals surface area (Å²) < 4.78 is 9.52. The summed E-state index contributed by atoms with van der Waals surface area (Å²) in [5.41, 5.74) is 2.28. The predicted molar refractivity (Wildman–Crippen MR) is 116 cm³/mol. The Hall–Kier alpha value is -3.39. The third-order valence-corrected chi connectivity index (χ3v) is 4.60. The molecule has 2 amide bonds. The van der Waals surface area contributed by atoms with Gasteiger partial charge in [-0.05, 0) is 55.3 Å². The summed E-state index contributed by atoms with van der Waals surface area (Å²) >= 11 is 6.00. The van der Waals surface area contributed by atoms with Gasteiger partial charge in [-0.25, -0.2) is 4.79 Å². The number of rotatable bonds is 9. The minimum atomic E-state index is -0.577. The number of anilines is 2. The van der Waals surface area contributed by atoms with Gasteiger partial charge in [0.05, 0.1) is 12.7 Å². The lowest BCUT2D eigenvalue weighted by Crippen LogP contribution is -2.21. The number of hydrogen-bond donors (Lipinski definition) is 2. The van der Waals surface area contributed by atoms with Gasteiger partial charge in [0.1, 0.15) is 0 Å². The number of carbonyl (C=O) groups is 4. The molecule has 164 valence electrons. The number of hydrogen-bond acceptors (Lipinski definition) is 6. The largest absolute Gasteiger partial charge is 0.465 e. The number of esters is 2. The van der Waals surface area contributed by atoms with E-state index in [-0.39, 0.29) is 25.2 Å². The quantitative estimate of drug-likeness (QED) is 0.568. The van der Waals surface area contributed by atoms with Crippen molar-refractivity contribution in [3.8, 4) is 0 Å². The molecule has 0 aromatic heterocycles. The first-order valence-electron chi connectivity index (χ1n) is 9.48. The molecule has 0 aliphatic carbocycles. The highest BCUT2D eigenvalue weighted by molar-refractivity contribution is 6.31. The fourth-order valence-electron chi connectivity index (χ4n) is 2.51. The monoisotopic (exact) mass is 446 g/mol. The van der Waals surface area contributed by atoms with E-state index in [1.165, 1.54) is 19.2 Å². The molecule has 31 heavy (non-hydrogen) atoms. The summed E-state index contributed by atoms with van der Waals surface area (Å²) in [6.07, 6.45) is 0.361. The number of methoxy groups -OCH3 is 1. The Morgan fingerprint density at radius 2 is 1.55 bits per heavy atom. The highest BCUT2D eigenvalue weighted by Crippen LogP contribution is 2.19. The number of halogens is 1. The van der Waals surface area contributed by atoms with Crippen LogP contribution >= 0.6 is 11.6 Å². The van der Waals surface area contributed by atoms with Crippen molar-refractivity contribution < 1.29 is 28.7 Å². The molecule has 0 saturated heterocycles. The molecule has 0 aliphatic heterocycles. The van der Waals surface area contributed by atoms with E-state index in [9.17, 15) is 19.2 Å². The number of amides is 2. The molecule has 2 N–H and O–H groups in total. The van der Waals surface area contributed by atoms with E-state index >= 15 is 0 Å². The number of aryl methyl sites for hydroxylation is 1. The molecule has 2 aromatic rings. The Labute approximate surface area is 184 Å². The van der Waals surface area contributed by atoms with Gasteiger partial charge in [0.2, 0.25) is 5.91 Å². The molecule has 0 saturated carbocycles. The molecule has 0 fully saturated rings. The van der Waals surface area contributed by atoms with Crippen molar-refractivity contribution in [3.63, 3.8) is 0 Å². The van der Waals surface area contributed by atoms with Gasteiger partial charge in [-0.1, -0.05) is 17.7 Å². The van der Waals surface area contributed by atoms with Gasteiger partial charge in [-0.2, -0.15) is 0 Å². The normalized spacial score (nSPS) is 10.2. The van der Waals surface area contributed by atoms with Crippen molar-refractivity contribution >= 4 is 46.7 Å². The molecule has 0 atom stereocenters. The van der Waals surface area contributed by atoms with Crippen molar-refractivity contribution in [3.05, 3.63) is 58.6 Å². The van der Waals surface area contributed by atoms with Crippen molar-refractivity contribution in [2.24, 2.45) is 0 Å². The molecule has 0 spiro atoms. The third kappa shape index (κ3) is 8.10. The van der Waals surface area contributed by atoms with Crippen LogP contribution in [-0.4, -0.2) is 37.5 Å². The lowest BCUT2D eigenvalue weighted by atomic mass is 10.2. The van der Waals surface area contributed by atoms with E-state index in [2.05, 4.69) is 15.4 Å². The van der Waals surface area contributed by atoms with Crippen LogP contribution in [0.25, 0.3) is 0 Å². The molecule has 0 bridgehead atoms. The average molecular weight is 447 g/mol. The van der Waals surface area contributed by atoms with Crippen LogP contribution in [-0.2, 0) is 23.9 Å². The zero-order valence-electron chi connectivity index (χ0n) is 17.2. The number of ether oxygens (including phenoxy) is 2. The maximum atomic E-state index is 12.0. The molecular weight excluding hydrogens is 424 g/mol. The topological polar surface area (TPSA) is 111 Å². The Morgan fingerprint density at radius 3 is 2.19 bits per heavy atom. The zero-order valence-corrected chi connectivity index (χ0v) is 18.0. The average Bonchev–Trinajstić information content (AvgIpc) is 2.75. The van der Waals surface area contributed by atoms with E-state index < -0.39 is 24.5 Å². The van der Waals surface area contributed by atoms with Gasteiger partial charge in [0, 0.05) is 29.2 Å². The van der Waals surface area contributed by atoms with Crippen molar-refractivity contribution in [2.75, 3.05) is 24.4 Å². The predicted octanol–water partition coefficient (Wildman–Crippen LogP) is 3.73. The summed E-state index contributed by atoms with van der Waals surface area (Å²) in [6.45, 7) is 1.42. The molecule has 2 rings (SSSR count). The number of carbonyl (C=O) groups excluding carboxylic acids is 4. The standard InChI is InChI=1S/C22H23ClN2O6/c1-14-6-9-17(12-18(14)23)25-20(27)13-31-21(28)5-3-4-19(26)24-16-10-7-15(8-11-16)22(29)30-2/h6-12H,3-5,13H2,1-2H3,(H,24,26)(H,25,27). The SMILES string of the molecule is COC(=O)c1ccc(NC(=O)CCCC(=O)OCC(=O)Nc2ccc(C)c(Cl)c2)cc1. The highest BCUT2D eigenvalue weighted by atomic mass is 35.5. The van der Waals surface area contributed by atoms with E-state index in [1.54, 1.807) is 30.3 Å². The fourth-order valence-corrected chi connectivity index (χ4v) is 2.69. The molecule has 9 heteroatoms. The van der Waals surface area contributed by atoms with Crippen LogP contribution in [0.3, 0.4) is 0 Å². The van der Waals surface area contributed by atoms with E-state index in [4.69, 9.17) is 16.3 Å². The molecule has 0 aliphatic rings. The summed E-state index contributed by atoms with van der Waals surface area (Å²) in [5.74, 6) is -1.81. The second-order valence-corrected chi connectivity index (χ2v) is 7.05. The van der Waals surface area contributed by atoms with Crippen molar-refractivity contribution in [2.45, 2.75) is 26.2 Å². The summed E-state index contributed by atoms with van der Waals surface area (Å²) in [6, 6.07) is 11.3. The number of nitrogens with one attached hydrogen (secondary N) is 2. The molecular formula is C22H23ClN2O6. The van der Waals surface area contributed by atoms with E-state index in [0.29, 0.717) is 22.0 Å². The van der Waals surface area contributed by atoms with Crippen molar-refractivity contribution in [1.29, 1.82) is 0 Å².